The van der Waals surface area contributed by atoms with Gasteiger partial charge in [-0.3, -0.25) is 0 Å². The highest BCUT2D eigenvalue weighted by atomic mass is 15.3. The molecule has 1 aliphatic heterocycles. The largest absolute Gasteiger partial charge is 0.371 e. The van der Waals surface area contributed by atoms with Crippen LogP contribution in [-0.2, 0) is 0 Å². The van der Waals surface area contributed by atoms with Crippen LogP contribution in [-0.4, -0.2) is 26.2 Å². The van der Waals surface area contributed by atoms with Crippen molar-refractivity contribution < 1.29 is 4.57 Å². The van der Waals surface area contributed by atoms with Gasteiger partial charge >= 0.3 is 0 Å². The third kappa shape index (κ3) is 2.24. The summed E-state index contributed by atoms with van der Waals surface area (Å²) in [7, 11) is 2.18. The monoisotopic (exact) mass is 234 g/mol. The zero-order valence-electron chi connectivity index (χ0n) is 11.6. The van der Waals surface area contributed by atoms with E-state index < -0.39 is 0 Å². The van der Waals surface area contributed by atoms with Crippen molar-refractivity contribution in [3.63, 3.8) is 0 Å². The van der Waals surface area contributed by atoms with E-state index in [4.69, 9.17) is 0 Å². The number of hydrogen-bond acceptors (Lipinski definition) is 2. The summed E-state index contributed by atoms with van der Waals surface area (Å²) in [5.41, 5.74) is 2.71. The van der Waals surface area contributed by atoms with Gasteiger partial charge in [0.25, 0.3) is 0 Å². The average Bonchev–Trinajstić information content (AvgIpc) is 2.28. The number of anilines is 2. The molecule has 0 amide bonds. The SMILES string of the molecule is CC(C)N1CCN(C)c2cc[n+](C(C)C)cc21. The Morgan fingerprint density at radius 3 is 2.41 bits per heavy atom. The Labute approximate surface area is 105 Å². The van der Waals surface area contributed by atoms with E-state index in [1.807, 2.05) is 0 Å². The summed E-state index contributed by atoms with van der Waals surface area (Å²) in [5.74, 6) is 0. The van der Waals surface area contributed by atoms with Crippen LogP contribution in [0.15, 0.2) is 18.5 Å². The van der Waals surface area contributed by atoms with Crippen molar-refractivity contribution in [3.8, 4) is 0 Å². The molecule has 0 aromatic carbocycles. The predicted octanol–water partition coefficient (Wildman–Crippen LogP) is 2.22. The lowest BCUT2D eigenvalue weighted by Crippen LogP contribution is -2.45. The maximum absolute atomic E-state index is 2.49. The minimum atomic E-state index is 0.515. The Kier molecular flexibility index (Phi) is 3.27. The summed E-state index contributed by atoms with van der Waals surface area (Å²) in [6.07, 6.45) is 4.47. The van der Waals surface area contributed by atoms with E-state index in [-0.39, 0.29) is 0 Å². The van der Waals surface area contributed by atoms with Gasteiger partial charge in [-0.05, 0) is 27.7 Å². The Hall–Kier alpha value is -1.25. The second-order valence-electron chi connectivity index (χ2n) is 5.46. The van der Waals surface area contributed by atoms with Gasteiger partial charge in [0.15, 0.2) is 18.4 Å². The van der Waals surface area contributed by atoms with Crippen LogP contribution >= 0.6 is 0 Å². The number of likely N-dealkylation sites (N-methyl/N-ethyl adjacent to an activating group) is 1. The number of hydrogen-bond donors (Lipinski definition) is 0. The Morgan fingerprint density at radius 2 is 1.82 bits per heavy atom. The zero-order chi connectivity index (χ0) is 12.6. The Morgan fingerprint density at radius 1 is 1.12 bits per heavy atom. The van der Waals surface area contributed by atoms with Crippen LogP contribution in [0.3, 0.4) is 0 Å². The van der Waals surface area contributed by atoms with Crippen molar-refractivity contribution in [2.75, 3.05) is 29.9 Å². The standard InChI is InChI=1S/C14H24N3/c1-11(2)16-7-6-13-14(10-16)17(12(3)4)9-8-15(13)5/h6-7,10-12H,8-9H2,1-5H3/q+1. The summed E-state index contributed by atoms with van der Waals surface area (Å²) in [4.78, 5) is 4.84. The lowest BCUT2D eigenvalue weighted by molar-refractivity contribution is -0.715. The van der Waals surface area contributed by atoms with Crippen LogP contribution in [0.25, 0.3) is 0 Å². The van der Waals surface area contributed by atoms with Gasteiger partial charge in [0, 0.05) is 32.2 Å². The third-order valence-corrected chi connectivity index (χ3v) is 3.55. The molecule has 1 aromatic heterocycles. The molecule has 1 aromatic rings. The van der Waals surface area contributed by atoms with Gasteiger partial charge in [0.1, 0.15) is 5.69 Å². The van der Waals surface area contributed by atoms with E-state index in [0.29, 0.717) is 12.1 Å². The lowest BCUT2D eigenvalue weighted by Gasteiger charge is -2.38. The summed E-state index contributed by atoms with van der Waals surface area (Å²) in [6, 6.07) is 3.32. The molecule has 2 heterocycles. The number of fused-ring (bicyclic) bond motifs is 1. The Bertz CT molecular complexity index is 398. The normalized spacial score (nSPS) is 15.7. The molecule has 0 atom stereocenters. The zero-order valence-corrected chi connectivity index (χ0v) is 11.6. The van der Waals surface area contributed by atoms with Crippen molar-refractivity contribution in [1.29, 1.82) is 0 Å². The van der Waals surface area contributed by atoms with Gasteiger partial charge in [-0.2, -0.15) is 0 Å². The molecule has 3 heteroatoms. The molecular weight excluding hydrogens is 210 g/mol. The summed E-state index contributed by atoms with van der Waals surface area (Å²) < 4.78 is 2.29. The van der Waals surface area contributed by atoms with E-state index in [0.717, 1.165) is 13.1 Å². The fourth-order valence-electron chi connectivity index (χ4n) is 2.39. The van der Waals surface area contributed by atoms with Gasteiger partial charge < -0.3 is 9.80 Å². The highest BCUT2D eigenvalue weighted by Gasteiger charge is 2.25. The highest BCUT2D eigenvalue weighted by Crippen LogP contribution is 2.31. The maximum atomic E-state index is 2.49. The molecule has 3 nitrogen and oxygen atoms in total. The second kappa shape index (κ2) is 4.55. The topological polar surface area (TPSA) is 10.4 Å². The Balaban J connectivity index is 2.46. The molecule has 0 aliphatic carbocycles. The minimum Gasteiger partial charge on any atom is -0.371 e. The molecule has 0 N–H and O–H groups in total. The molecular formula is C14H24N3+. The van der Waals surface area contributed by atoms with Crippen LogP contribution in [0.4, 0.5) is 11.4 Å². The summed E-state index contributed by atoms with van der Waals surface area (Å²) in [6.45, 7) is 11.2. The second-order valence-corrected chi connectivity index (χ2v) is 5.46. The molecule has 0 radical (unpaired) electrons. The summed E-state index contributed by atoms with van der Waals surface area (Å²) >= 11 is 0. The van der Waals surface area contributed by atoms with E-state index >= 15 is 0 Å². The number of aromatic nitrogens is 1. The van der Waals surface area contributed by atoms with E-state index in [9.17, 15) is 0 Å². The molecule has 0 saturated carbocycles. The number of pyridine rings is 1. The quantitative estimate of drug-likeness (QED) is 0.726. The fraction of sp³-hybridized carbons (Fsp3) is 0.643. The van der Waals surface area contributed by atoms with E-state index in [1.165, 1.54) is 11.4 Å². The van der Waals surface area contributed by atoms with Gasteiger partial charge in [0.2, 0.25) is 0 Å². The molecule has 1 aliphatic rings. The predicted molar refractivity (Wildman–Crippen MR) is 72.8 cm³/mol. The van der Waals surface area contributed by atoms with Gasteiger partial charge in [-0.15, -0.1) is 0 Å². The first-order valence-electron chi connectivity index (χ1n) is 6.53. The molecule has 0 fully saturated rings. The highest BCUT2D eigenvalue weighted by molar-refractivity contribution is 5.71. The van der Waals surface area contributed by atoms with Crippen molar-refractivity contribution in [2.24, 2.45) is 0 Å². The van der Waals surface area contributed by atoms with Crippen LogP contribution in [0, 0.1) is 0 Å². The first-order valence-corrected chi connectivity index (χ1v) is 6.53. The first-order chi connectivity index (χ1) is 8.00. The molecule has 2 rings (SSSR count). The first kappa shape index (κ1) is 12.2. The van der Waals surface area contributed by atoms with E-state index in [2.05, 4.69) is 67.6 Å². The van der Waals surface area contributed by atoms with Crippen LogP contribution in [0.5, 0.6) is 0 Å². The minimum absolute atomic E-state index is 0.515. The average molecular weight is 234 g/mol. The van der Waals surface area contributed by atoms with Crippen molar-refractivity contribution in [1.82, 2.24) is 0 Å². The molecule has 0 bridgehead atoms. The van der Waals surface area contributed by atoms with Crippen molar-refractivity contribution in [3.05, 3.63) is 18.5 Å². The smallest absolute Gasteiger partial charge is 0.194 e. The van der Waals surface area contributed by atoms with Crippen LogP contribution in [0.1, 0.15) is 33.7 Å². The number of rotatable bonds is 2. The summed E-state index contributed by atoms with van der Waals surface area (Å²) in [5, 5.41) is 0. The van der Waals surface area contributed by atoms with Gasteiger partial charge in [-0.1, -0.05) is 0 Å². The molecule has 94 valence electrons. The molecule has 0 spiro atoms. The van der Waals surface area contributed by atoms with Crippen molar-refractivity contribution >= 4 is 11.4 Å². The fourth-order valence-corrected chi connectivity index (χ4v) is 2.39. The number of nitrogens with zero attached hydrogens (tertiary/aromatic N) is 3. The van der Waals surface area contributed by atoms with Gasteiger partial charge in [0.05, 0.1) is 5.69 Å². The maximum Gasteiger partial charge on any atom is 0.194 e. The van der Waals surface area contributed by atoms with Gasteiger partial charge in [-0.25, -0.2) is 4.57 Å². The third-order valence-electron chi connectivity index (χ3n) is 3.55. The van der Waals surface area contributed by atoms with Crippen molar-refractivity contribution in [2.45, 2.75) is 39.8 Å². The lowest BCUT2D eigenvalue weighted by atomic mass is 10.1. The van der Waals surface area contributed by atoms with Crippen LogP contribution < -0.4 is 14.4 Å². The molecule has 17 heavy (non-hydrogen) atoms. The van der Waals surface area contributed by atoms with E-state index in [1.54, 1.807) is 0 Å². The molecule has 0 unspecified atom stereocenters. The van der Waals surface area contributed by atoms with Crippen LogP contribution in [0.2, 0.25) is 0 Å². The molecule has 0 saturated heterocycles.